The van der Waals surface area contributed by atoms with Crippen LogP contribution in [0.3, 0.4) is 0 Å². The molecule has 103 heavy (non-hydrogen) atoms. The smallest absolute Gasteiger partial charge is 0.343 e. The number of aromatic carboxylic acids is 2. The van der Waals surface area contributed by atoms with Crippen LogP contribution in [-0.4, -0.2) is 113 Å². The Hall–Kier alpha value is -12.5. The van der Waals surface area contributed by atoms with Crippen LogP contribution in [0, 0.1) is 20.8 Å². The summed E-state index contributed by atoms with van der Waals surface area (Å²) in [6.07, 6.45) is 7.65. The zero-order valence-corrected chi connectivity index (χ0v) is 58.9. The first-order chi connectivity index (χ1) is 49.5. The van der Waals surface area contributed by atoms with Crippen LogP contribution in [0.1, 0.15) is 135 Å². The monoisotopic (exact) mass is 1410 g/mol. The molecule has 0 radical (unpaired) electrons. The van der Waals surface area contributed by atoms with Crippen LogP contribution in [-0.2, 0) is 28.6 Å². The number of esters is 6. The molecule has 0 aliphatic rings. The fourth-order valence-corrected chi connectivity index (χ4v) is 7.56. The molecule has 0 saturated carbocycles. The number of phenols is 3. The summed E-state index contributed by atoms with van der Waals surface area (Å²) in [6, 6.07) is 49.8. The highest BCUT2D eigenvalue weighted by molar-refractivity contribution is 5.93. The lowest BCUT2D eigenvalue weighted by atomic mass is 10.1. The number of hydrogen-bond acceptors (Lipinski definition) is 20. The molecule has 0 spiro atoms. The van der Waals surface area contributed by atoms with Crippen molar-refractivity contribution in [3.63, 3.8) is 0 Å². The van der Waals surface area contributed by atoms with E-state index in [1.165, 1.54) is 54.6 Å². The molecular formula is C81H90O22. The van der Waals surface area contributed by atoms with E-state index in [9.17, 15) is 43.5 Å². The standard InChI is InChI=1S/C28H26O7.C20H20O6.C14H16O5.C8H8O2.C7H8O2.2C2H6/c1-3-26(29)33-19-5-4-18-32-23-12-10-22(11-13-23)28(31)35-25-16-14-24(15-17-25)34-27(30)21-8-6-20(2)7-9-21;1-2-19(22)25-14-4-3-13-24-17-9-11-18(12-10-17)26-20(23)15-5-7-16(21)8-6-15;1-2-13(15)19-10-4-3-9-18-12-7-5-11(6-8-12)14(16)17;1-6-2-4-7(5-3-6)8(9)10;1-5-4-6(8)2-3-7(5)9;2*1-2/h3,6-17H,1,4-5,18-19H2,2H3;2,5-12,21H,1,3-4,13-14H2;2,5-8H,1,3-4,9-10H2,(H,16,17);2-5H,1H3,(H,9,10);2-4,8-9H,1H3;2*1-2H3. The third-order valence-electron chi connectivity index (χ3n) is 13.0. The molecule has 546 valence electrons. The van der Waals surface area contributed by atoms with E-state index in [-0.39, 0.29) is 22.8 Å². The van der Waals surface area contributed by atoms with Crippen LogP contribution in [0.15, 0.2) is 226 Å². The number of unbranched alkanes of at least 4 members (excludes halogenated alkanes) is 3. The van der Waals surface area contributed by atoms with Gasteiger partial charge < -0.3 is 68.2 Å². The van der Waals surface area contributed by atoms with E-state index in [2.05, 4.69) is 19.7 Å². The van der Waals surface area contributed by atoms with Crippen LogP contribution in [0.25, 0.3) is 0 Å². The Morgan fingerprint density at radius 1 is 0.320 bits per heavy atom. The molecule has 0 aliphatic heterocycles. The van der Waals surface area contributed by atoms with Crippen molar-refractivity contribution >= 4 is 47.8 Å². The fourth-order valence-electron chi connectivity index (χ4n) is 7.56. The number of carbonyl (C=O) groups excluding carboxylic acids is 6. The van der Waals surface area contributed by atoms with Gasteiger partial charge in [-0.2, -0.15) is 0 Å². The normalized spacial score (nSPS) is 9.62. The first-order valence-electron chi connectivity index (χ1n) is 32.8. The van der Waals surface area contributed by atoms with Gasteiger partial charge in [-0.3, -0.25) is 0 Å². The molecule has 0 amide bonds. The van der Waals surface area contributed by atoms with Gasteiger partial charge in [0.05, 0.1) is 67.5 Å². The van der Waals surface area contributed by atoms with Gasteiger partial charge in [0.25, 0.3) is 0 Å². The summed E-state index contributed by atoms with van der Waals surface area (Å²) in [5.41, 5.74) is 4.54. The summed E-state index contributed by atoms with van der Waals surface area (Å²) in [6.45, 7) is 26.0. The minimum absolute atomic E-state index is 0.0851. The lowest BCUT2D eigenvalue weighted by Gasteiger charge is -2.08. The second kappa shape index (κ2) is 50.8. The van der Waals surface area contributed by atoms with Gasteiger partial charge in [0.2, 0.25) is 0 Å². The van der Waals surface area contributed by atoms with Crippen molar-refractivity contribution in [2.75, 3.05) is 39.6 Å². The van der Waals surface area contributed by atoms with Crippen molar-refractivity contribution in [2.24, 2.45) is 0 Å². The van der Waals surface area contributed by atoms with Gasteiger partial charge in [0.1, 0.15) is 51.7 Å². The highest BCUT2D eigenvalue weighted by Crippen LogP contribution is 2.24. The Labute approximate surface area is 600 Å². The SMILES string of the molecule is C=CC(=O)OCCCCOc1ccc(C(=O)O)cc1.C=CC(=O)OCCCCOc1ccc(C(=O)Oc2ccc(OC(=O)c3ccc(C)cc3)cc2)cc1.C=CC(=O)OCCCCOc1ccc(OC(=O)c2ccc(O)cc2)cc1.CC.CC.Cc1cc(O)ccc1O.Cc1ccc(C(=O)O)cc1. The second-order valence-electron chi connectivity index (χ2n) is 20.8. The lowest BCUT2D eigenvalue weighted by Crippen LogP contribution is -2.09. The van der Waals surface area contributed by atoms with Gasteiger partial charge in [-0.1, -0.05) is 82.8 Å². The van der Waals surface area contributed by atoms with Crippen molar-refractivity contribution < 1.29 is 107 Å². The minimum Gasteiger partial charge on any atom is -0.508 e. The van der Waals surface area contributed by atoms with Gasteiger partial charge in [0.15, 0.2) is 0 Å². The molecule has 0 atom stereocenters. The molecule has 22 nitrogen and oxygen atoms in total. The predicted octanol–water partition coefficient (Wildman–Crippen LogP) is 16.2. The van der Waals surface area contributed by atoms with Crippen LogP contribution < -0.4 is 28.4 Å². The summed E-state index contributed by atoms with van der Waals surface area (Å²) in [4.78, 5) is 90.1. The summed E-state index contributed by atoms with van der Waals surface area (Å²) in [5, 5.41) is 44.2. The van der Waals surface area contributed by atoms with E-state index in [0.717, 1.165) is 42.2 Å². The number of carboxylic acid groups (broad SMARTS) is 2. The molecule has 0 fully saturated rings. The quantitative estimate of drug-likeness (QED) is 0.00726. The molecule has 0 heterocycles. The van der Waals surface area contributed by atoms with Gasteiger partial charge >= 0.3 is 47.8 Å². The minimum atomic E-state index is -0.962. The van der Waals surface area contributed by atoms with Crippen molar-refractivity contribution in [2.45, 2.75) is 87.0 Å². The number of rotatable bonds is 29. The number of aryl methyl sites for hydroxylation is 3. The Morgan fingerprint density at radius 2 is 0.563 bits per heavy atom. The Kier molecular flexibility index (Phi) is 42.7. The summed E-state index contributed by atoms with van der Waals surface area (Å²) in [5.74, 6) is -1.19. The number of phenolic OH excluding ortho intramolecular Hbond substituents is 3. The van der Waals surface area contributed by atoms with E-state index >= 15 is 0 Å². The van der Waals surface area contributed by atoms with E-state index in [1.54, 1.807) is 128 Å². The molecule has 0 aliphatic carbocycles. The number of ether oxygens (including phenoxy) is 9. The van der Waals surface area contributed by atoms with Crippen LogP contribution in [0.5, 0.6) is 51.7 Å². The highest BCUT2D eigenvalue weighted by atomic mass is 16.6. The maximum Gasteiger partial charge on any atom is 0.343 e. The Balaban J connectivity index is 0.000000466. The highest BCUT2D eigenvalue weighted by Gasteiger charge is 2.13. The topological polar surface area (TPSA) is 321 Å². The lowest BCUT2D eigenvalue weighted by molar-refractivity contribution is -0.138. The number of aromatic hydroxyl groups is 3. The maximum atomic E-state index is 12.4. The van der Waals surface area contributed by atoms with Crippen LogP contribution >= 0.6 is 0 Å². The number of benzene rings is 8. The van der Waals surface area contributed by atoms with Gasteiger partial charge in [-0.25, -0.2) is 38.4 Å². The molecule has 22 heteroatoms. The van der Waals surface area contributed by atoms with Gasteiger partial charge in [-0.15, -0.1) is 0 Å². The predicted molar refractivity (Wildman–Crippen MR) is 390 cm³/mol. The molecule has 0 saturated heterocycles. The zero-order chi connectivity index (χ0) is 76.3. The number of carbonyl (C=O) groups is 8. The third-order valence-corrected chi connectivity index (χ3v) is 13.0. The van der Waals surface area contributed by atoms with Crippen molar-refractivity contribution in [1.29, 1.82) is 0 Å². The maximum absolute atomic E-state index is 12.4. The second-order valence-corrected chi connectivity index (χ2v) is 20.8. The van der Waals surface area contributed by atoms with E-state index in [0.29, 0.717) is 128 Å². The summed E-state index contributed by atoms with van der Waals surface area (Å²) >= 11 is 0. The molecular weight excluding hydrogens is 1320 g/mol. The molecule has 8 rings (SSSR count). The number of carboxylic acids is 2. The van der Waals surface area contributed by atoms with E-state index < -0.39 is 47.8 Å². The fraction of sp³-hybridized carbons (Fsp3) is 0.235. The zero-order valence-electron chi connectivity index (χ0n) is 58.9. The average molecular weight is 1420 g/mol. The van der Waals surface area contributed by atoms with Crippen LogP contribution in [0.2, 0.25) is 0 Å². The molecule has 8 aromatic rings. The molecule has 0 unspecified atom stereocenters. The molecule has 8 aromatic carbocycles. The number of hydrogen-bond donors (Lipinski definition) is 5. The van der Waals surface area contributed by atoms with Gasteiger partial charge in [0, 0.05) is 18.2 Å². The van der Waals surface area contributed by atoms with Gasteiger partial charge in [-0.05, 0) is 229 Å². The van der Waals surface area contributed by atoms with Crippen molar-refractivity contribution in [1.82, 2.24) is 0 Å². The molecule has 0 bridgehead atoms. The largest absolute Gasteiger partial charge is 0.508 e. The van der Waals surface area contributed by atoms with Crippen molar-refractivity contribution in [3.05, 3.63) is 271 Å². The Bertz CT molecular complexity index is 3860. The van der Waals surface area contributed by atoms with Crippen molar-refractivity contribution in [3.8, 4) is 51.7 Å². The molecule has 0 aromatic heterocycles. The van der Waals surface area contributed by atoms with E-state index in [1.807, 2.05) is 53.7 Å². The van der Waals surface area contributed by atoms with E-state index in [4.69, 9.17) is 63.1 Å². The average Bonchev–Trinajstić information content (AvgIpc) is 0.875. The summed E-state index contributed by atoms with van der Waals surface area (Å²) in [7, 11) is 0. The third kappa shape index (κ3) is 37.4. The molecule has 5 N–H and O–H groups in total. The summed E-state index contributed by atoms with van der Waals surface area (Å²) < 4.78 is 47.2. The van der Waals surface area contributed by atoms with Crippen LogP contribution in [0.4, 0.5) is 0 Å². The first kappa shape index (κ1) is 86.6. The Morgan fingerprint density at radius 3 is 0.845 bits per heavy atom. The first-order valence-corrected chi connectivity index (χ1v) is 32.8.